The Morgan fingerprint density at radius 1 is 0.389 bits per heavy atom. The molecule has 2 amide bonds. The summed E-state index contributed by atoms with van der Waals surface area (Å²) in [7, 11) is 0. The molecule has 0 atom stereocenters. The lowest BCUT2D eigenvalue weighted by atomic mass is 10.0. The molecule has 4 nitrogen and oxygen atoms in total. The number of hydrogen-bond donors (Lipinski definition) is 0. The molecule has 0 aliphatic heterocycles. The van der Waals surface area contributed by atoms with E-state index in [4.69, 9.17) is 0 Å². The first-order valence-corrected chi connectivity index (χ1v) is 14.6. The van der Waals surface area contributed by atoms with Crippen LogP contribution in [-0.4, -0.2) is 47.8 Å². The zero-order chi connectivity index (χ0) is 26.7. The standard InChI is InChI=1S/C32H56N2O2/c1-5-27-33(28-6-2)31(35)25-23-21-19-17-15-13-11-9-10-12-14-16-18-20-22-24-26-32(36)34(29-7-3)30-8-4/h5-8H,1-4,9-30H2. The third-order valence-electron chi connectivity index (χ3n) is 6.63. The van der Waals surface area contributed by atoms with Gasteiger partial charge in [-0.05, 0) is 12.8 Å². The van der Waals surface area contributed by atoms with Gasteiger partial charge in [-0.25, -0.2) is 0 Å². The van der Waals surface area contributed by atoms with E-state index in [0.717, 1.165) is 25.7 Å². The normalized spacial score (nSPS) is 10.6. The van der Waals surface area contributed by atoms with E-state index in [9.17, 15) is 9.59 Å². The van der Waals surface area contributed by atoms with Crippen LogP contribution < -0.4 is 0 Å². The number of rotatable bonds is 27. The van der Waals surface area contributed by atoms with Crippen molar-refractivity contribution in [2.24, 2.45) is 0 Å². The van der Waals surface area contributed by atoms with Gasteiger partial charge in [0.25, 0.3) is 0 Å². The van der Waals surface area contributed by atoms with Crippen molar-refractivity contribution in [3.05, 3.63) is 50.6 Å². The number of carbonyl (C=O) groups is 2. The predicted molar refractivity (Wildman–Crippen MR) is 157 cm³/mol. The molecule has 0 unspecified atom stereocenters. The fourth-order valence-electron chi connectivity index (χ4n) is 4.52. The summed E-state index contributed by atoms with van der Waals surface area (Å²) in [5.74, 6) is 0.439. The Bertz CT molecular complexity index is 527. The van der Waals surface area contributed by atoms with Crippen LogP contribution in [0.15, 0.2) is 50.6 Å². The Balaban J connectivity index is 3.41. The molecule has 0 radical (unpaired) electrons. The van der Waals surface area contributed by atoms with Crippen LogP contribution in [0, 0.1) is 0 Å². The molecule has 0 fully saturated rings. The second-order valence-corrected chi connectivity index (χ2v) is 9.91. The summed E-state index contributed by atoms with van der Waals surface area (Å²) in [5.41, 5.74) is 0. The first-order chi connectivity index (χ1) is 17.6. The zero-order valence-electron chi connectivity index (χ0n) is 23.4. The van der Waals surface area contributed by atoms with Gasteiger partial charge in [-0.1, -0.05) is 114 Å². The van der Waals surface area contributed by atoms with Gasteiger partial charge in [0.2, 0.25) is 11.8 Å². The molecule has 4 heteroatoms. The first kappa shape index (κ1) is 33.9. The Morgan fingerprint density at radius 2 is 0.583 bits per heavy atom. The number of unbranched alkanes of at least 4 members (excludes halogenated alkanes) is 15. The first-order valence-electron chi connectivity index (χ1n) is 14.6. The minimum absolute atomic E-state index is 0.220. The summed E-state index contributed by atoms with van der Waals surface area (Å²) in [6.07, 6.45) is 28.6. The zero-order valence-corrected chi connectivity index (χ0v) is 23.4. The molecule has 0 N–H and O–H groups in total. The molecule has 206 valence electrons. The van der Waals surface area contributed by atoms with E-state index in [0.29, 0.717) is 39.0 Å². The second-order valence-electron chi connectivity index (χ2n) is 9.91. The molecule has 0 spiro atoms. The molecule has 0 aromatic carbocycles. The predicted octanol–water partition coefficient (Wildman–Crippen LogP) is 8.41. The van der Waals surface area contributed by atoms with Gasteiger partial charge in [-0.3, -0.25) is 9.59 Å². The highest BCUT2D eigenvalue weighted by Gasteiger charge is 2.10. The van der Waals surface area contributed by atoms with Crippen LogP contribution in [0.5, 0.6) is 0 Å². The molecule has 0 aromatic heterocycles. The van der Waals surface area contributed by atoms with E-state index in [1.165, 1.54) is 77.0 Å². The van der Waals surface area contributed by atoms with E-state index in [1.807, 2.05) is 9.80 Å². The molecule has 0 saturated heterocycles. The Kier molecular flexibility index (Phi) is 24.5. The molecule has 0 heterocycles. The summed E-state index contributed by atoms with van der Waals surface area (Å²) < 4.78 is 0. The average molecular weight is 501 g/mol. The van der Waals surface area contributed by atoms with Gasteiger partial charge < -0.3 is 9.80 Å². The van der Waals surface area contributed by atoms with Crippen molar-refractivity contribution in [1.82, 2.24) is 9.80 Å². The van der Waals surface area contributed by atoms with Crippen molar-refractivity contribution in [1.29, 1.82) is 0 Å². The van der Waals surface area contributed by atoms with Crippen LogP contribution in [0.4, 0.5) is 0 Å². The number of hydrogen-bond acceptors (Lipinski definition) is 2. The van der Waals surface area contributed by atoms with Crippen molar-refractivity contribution in [3.8, 4) is 0 Å². The number of carbonyl (C=O) groups excluding carboxylic acids is 2. The summed E-state index contributed by atoms with van der Waals surface area (Å²) in [5, 5.41) is 0. The van der Waals surface area contributed by atoms with Crippen LogP contribution in [0.25, 0.3) is 0 Å². The van der Waals surface area contributed by atoms with Gasteiger partial charge in [0.05, 0.1) is 0 Å². The summed E-state index contributed by atoms with van der Waals surface area (Å²) in [4.78, 5) is 28.0. The third-order valence-corrected chi connectivity index (χ3v) is 6.63. The fraction of sp³-hybridized carbons (Fsp3) is 0.688. The van der Waals surface area contributed by atoms with Crippen molar-refractivity contribution < 1.29 is 9.59 Å². The van der Waals surface area contributed by atoms with Gasteiger partial charge in [-0.2, -0.15) is 0 Å². The molecule has 36 heavy (non-hydrogen) atoms. The minimum atomic E-state index is 0.220. The van der Waals surface area contributed by atoms with Gasteiger partial charge in [0.1, 0.15) is 0 Å². The summed E-state index contributed by atoms with van der Waals surface area (Å²) >= 11 is 0. The lowest BCUT2D eigenvalue weighted by molar-refractivity contribution is -0.131. The lowest BCUT2D eigenvalue weighted by Gasteiger charge is -2.19. The van der Waals surface area contributed by atoms with E-state index < -0.39 is 0 Å². The number of nitrogens with zero attached hydrogens (tertiary/aromatic N) is 2. The Morgan fingerprint density at radius 3 is 0.778 bits per heavy atom. The van der Waals surface area contributed by atoms with Crippen molar-refractivity contribution >= 4 is 11.8 Å². The smallest absolute Gasteiger partial charge is 0.223 e. The van der Waals surface area contributed by atoms with Crippen LogP contribution in [-0.2, 0) is 9.59 Å². The maximum atomic E-state index is 12.2. The third kappa shape index (κ3) is 20.1. The molecule has 0 rings (SSSR count). The largest absolute Gasteiger partial charge is 0.335 e. The van der Waals surface area contributed by atoms with Crippen LogP contribution in [0.2, 0.25) is 0 Å². The van der Waals surface area contributed by atoms with Crippen molar-refractivity contribution in [2.45, 2.75) is 116 Å². The quantitative estimate of drug-likeness (QED) is 0.0839. The van der Waals surface area contributed by atoms with E-state index in [2.05, 4.69) is 26.3 Å². The SMILES string of the molecule is C=CCN(CC=C)C(=O)CCCCCCCCCCCCCCCCCCC(=O)N(CC=C)CC=C. The van der Waals surface area contributed by atoms with Crippen LogP contribution in [0.3, 0.4) is 0 Å². The second kappa shape index (κ2) is 26.0. The number of amides is 2. The maximum Gasteiger partial charge on any atom is 0.223 e. The summed E-state index contributed by atoms with van der Waals surface area (Å²) in [6, 6.07) is 0. The van der Waals surface area contributed by atoms with Gasteiger partial charge >= 0.3 is 0 Å². The molecular formula is C32H56N2O2. The summed E-state index contributed by atoms with van der Waals surface area (Å²) in [6.45, 7) is 17.3. The topological polar surface area (TPSA) is 40.6 Å². The highest BCUT2D eigenvalue weighted by Crippen LogP contribution is 2.15. The molecule has 0 aromatic rings. The fourth-order valence-corrected chi connectivity index (χ4v) is 4.52. The van der Waals surface area contributed by atoms with Crippen molar-refractivity contribution in [3.63, 3.8) is 0 Å². The molecule has 0 saturated carbocycles. The molecule has 0 aliphatic rings. The van der Waals surface area contributed by atoms with E-state index in [-0.39, 0.29) is 11.8 Å². The molecule has 0 aliphatic carbocycles. The highest BCUT2D eigenvalue weighted by molar-refractivity contribution is 5.76. The monoisotopic (exact) mass is 500 g/mol. The molecule has 0 bridgehead atoms. The van der Waals surface area contributed by atoms with Gasteiger partial charge in [0, 0.05) is 39.0 Å². The van der Waals surface area contributed by atoms with E-state index in [1.54, 1.807) is 24.3 Å². The minimum Gasteiger partial charge on any atom is -0.335 e. The maximum absolute atomic E-state index is 12.2. The Hall–Kier alpha value is -2.10. The van der Waals surface area contributed by atoms with Crippen molar-refractivity contribution in [2.75, 3.05) is 26.2 Å². The Labute approximate surface area is 223 Å². The lowest BCUT2D eigenvalue weighted by Crippen LogP contribution is -2.30. The van der Waals surface area contributed by atoms with Gasteiger partial charge in [-0.15, -0.1) is 26.3 Å². The van der Waals surface area contributed by atoms with Crippen LogP contribution >= 0.6 is 0 Å². The highest BCUT2D eigenvalue weighted by atomic mass is 16.2. The average Bonchev–Trinajstić information content (AvgIpc) is 2.87. The molecular weight excluding hydrogens is 444 g/mol. The van der Waals surface area contributed by atoms with E-state index >= 15 is 0 Å². The van der Waals surface area contributed by atoms with Crippen LogP contribution in [0.1, 0.15) is 116 Å². The van der Waals surface area contributed by atoms with Gasteiger partial charge in [0.15, 0.2) is 0 Å².